The molecule has 100 valence electrons. The van der Waals surface area contributed by atoms with E-state index in [-0.39, 0.29) is 22.9 Å². The van der Waals surface area contributed by atoms with E-state index in [2.05, 4.69) is 9.59 Å². The van der Waals surface area contributed by atoms with Crippen LogP contribution in [0.5, 0.6) is 0 Å². The lowest BCUT2D eigenvalue weighted by Crippen LogP contribution is -2.61. The molecule has 2 aliphatic rings. The van der Waals surface area contributed by atoms with Gasteiger partial charge in [-0.2, -0.15) is 0 Å². The predicted molar refractivity (Wildman–Crippen MR) is 72.9 cm³/mol. The highest BCUT2D eigenvalue weighted by Crippen LogP contribution is 2.43. The van der Waals surface area contributed by atoms with Crippen molar-refractivity contribution in [3.8, 4) is 0 Å². The molecule has 6 nitrogen and oxygen atoms in total. The smallest absolute Gasteiger partial charge is 0.352 e. The van der Waals surface area contributed by atoms with Crippen LogP contribution < -0.4 is 0 Å². The van der Waals surface area contributed by atoms with E-state index in [0.717, 1.165) is 4.21 Å². The van der Waals surface area contributed by atoms with Crippen LogP contribution in [0.1, 0.15) is 0 Å². The fourth-order valence-corrected chi connectivity index (χ4v) is 4.99. The summed E-state index contributed by atoms with van der Waals surface area (Å²) >= 11 is 4.45. The molecule has 0 radical (unpaired) electrons. The number of carboxylic acids is 1. The first-order chi connectivity index (χ1) is 9.18. The molecule has 0 spiro atoms. The molecule has 9 heteroatoms. The number of aromatic nitrogens is 2. The zero-order valence-corrected chi connectivity index (χ0v) is 12.0. The molecule has 1 aromatic rings. The molecule has 0 aliphatic carbocycles. The van der Waals surface area contributed by atoms with Crippen LogP contribution in [0.4, 0.5) is 0 Å². The van der Waals surface area contributed by atoms with Gasteiger partial charge in [0.25, 0.3) is 0 Å². The summed E-state index contributed by atoms with van der Waals surface area (Å²) in [6.07, 6.45) is 3.27. The molecule has 2 atom stereocenters. The van der Waals surface area contributed by atoms with Gasteiger partial charge >= 0.3 is 5.97 Å². The van der Waals surface area contributed by atoms with E-state index in [9.17, 15) is 9.59 Å². The quantitative estimate of drug-likeness (QED) is 0.658. The van der Waals surface area contributed by atoms with Crippen molar-refractivity contribution in [1.82, 2.24) is 14.5 Å². The van der Waals surface area contributed by atoms with Gasteiger partial charge in [0.2, 0.25) is 5.91 Å². The molecule has 0 saturated carbocycles. The molecule has 1 amide bonds. The van der Waals surface area contributed by atoms with Crippen molar-refractivity contribution < 1.29 is 14.7 Å². The van der Waals surface area contributed by atoms with Crippen molar-refractivity contribution in [2.45, 2.75) is 9.58 Å². The van der Waals surface area contributed by atoms with Gasteiger partial charge in [-0.1, -0.05) is 4.49 Å². The predicted octanol–water partition coefficient (Wildman–Crippen LogP) is 1.13. The van der Waals surface area contributed by atoms with Crippen LogP contribution in [0.25, 0.3) is 0 Å². The van der Waals surface area contributed by atoms with Crippen LogP contribution in [0.15, 0.2) is 22.2 Å². The van der Waals surface area contributed by atoms with E-state index in [1.807, 2.05) is 0 Å². The third-order valence-corrected chi connectivity index (χ3v) is 6.12. The molecule has 1 N–H and O–H groups in total. The van der Waals surface area contributed by atoms with Crippen molar-refractivity contribution in [2.75, 3.05) is 11.5 Å². The van der Waals surface area contributed by atoms with E-state index in [0.29, 0.717) is 11.5 Å². The lowest BCUT2D eigenvalue weighted by atomic mass is 9.99. The normalized spacial score (nSPS) is 25.6. The number of thioether (sulfide) groups is 2. The number of nitrogens with zero attached hydrogens (tertiary/aromatic N) is 3. The fraction of sp³-hybridized carbons (Fsp3) is 0.400. The number of amides is 1. The molecule has 3 rings (SSSR count). The average molecular weight is 315 g/mol. The van der Waals surface area contributed by atoms with Gasteiger partial charge in [0.15, 0.2) is 0 Å². The van der Waals surface area contributed by atoms with Crippen molar-refractivity contribution in [3.63, 3.8) is 0 Å². The minimum Gasteiger partial charge on any atom is -0.477 e. The van der Waals surface area contributed by atoms with Gasteiger partial charge in [0, 0.05) is 11.5 Å². The number of hydrogen-bond donors (Lipinski definition) is 1. The Balaban J connectivity index is 1.66. The lowest BCUT2D eigenvalue weighted by molar-refractivity contribution is -0.151. The maximum Gasteiger partial charge on any atom is 0.352 e. The van der Waals surface area contributed by atoms with Crippen LogP contribution in [-0.2, 0) is 9.59 Å². The van der Waals surface area contributed by atoms with Gasteiger partial charge in [0.1, 0.15) is 9.91 Å². The first-order valence-electron chi connectivity index (χ1n) is 5.47. The number of aliphatic carboxylic acids is 1. The van der Waals surface area contributed by atoms with Crippen molar-refractivity contribution in [3.05, 3.63) is 18.0 Å². The van der Waals surface area contributed by atoms with E-state index < -0.39 is 5.97 Å². The Hall–Kier alpha value is -1.06. The number of β-lactam (4-membered cyclic amide) rings is 1. The second kappa shape index (κ2) is 5.14. The van der Waals surface area contributed by atoms with E-state index >= 15 is 0 Å². The standard InChI is InChI=1S/C10H9N3O3S3/c14-8-5(4-18-7-3-11-12-19-7)9-13(8)6(10(15)16)1-2-17-9/h1,3,5,9H,2,4H2,(H,15,16)/t5?,9-/m0/s1. The largest absolute Gasteiger partial charge is 0.477 e. The third kappa shape index (κ3) is 2.26. The number of carboxylic acid groups (broad SMARTS) is 1. The van der Waals surface area contributed by atoms with Gasteiger partial charge in [-0.25, -0.2) is 4.79 Å². The summed E-state index contributed by atoms with van der Waals surface area (Å²) in [5.41, 5.74) is 0.120. The maximum absolute atomic E-state index is 12.0. The minimum atomic E-state index is -1.03. The molecule has 0 bridgehead atoms. The SMILES string of the molecule is O=C(O)C1=CCS[C@H]2C(CSc3cnns3)C(=O)N12. The maximum atomic E-state index is 12.0. The van der Waals surface area contributed by atoms with Crippen LogP contribution in [0.3, 0.4) is 0 Å². The van der Waals surface area contributed by atoms with Crippen LogP contribution in [0.2, 0.25) is 0 Å². The van der Waals surface area contributed by atoms with Gasteiger partial charge in [0.05, 0.1) is 17.5 Å². The molecular formula is C10H9N3O3S3. The Kier molecular flexibility index (Phi) is 3.50. The van der Waals surface area contributed by atoms with Crippen molar-refractivity contribution in [2.24, 2.45) is 5.92 Å². The van der Waals surface area contributed by atoms with Crippen LogP contribution in [-0.4, -0.2) is 48.3 Å². The molecular weight excluding hydrogens is 306 g/mol. The number of hydrogen-bond acceptors (Lipinski definition) is 7. The van der Waals surface area contributed by atoms with Crippen LogP contribution in [0, 0.1) is 5.92 Å². The van der Waals surface area contributed by atoms with Gasteiger partial charge in [-0.3, -0.25) is 9.69 Å². The Labute approximate surface area is 121 Å². The first-order valence-corrected chi connectivity index (χ1v) is 8.27. The summed E-state index contributed by atoms with van der Waals surface area (Å²) in [7, 11) is 0. The Bertz CT molecular complexity index is 545. The third-order valence-electron chi connectivity index (χ3n) is 2.92. The van der Waals surface area contributed by atoms with Gasteiger partial charge in [-0.05, 0) is 17.6 Å². The lowest BCUT2D eigenvalue weighted by Gasteiger charge is -2.48. The highest BCUT2D eigenvalue weighted by atomic mass is 32.2. The molecule has 3 heterocycles. The molecule has 1 aromatic heterocycles. The summed E-state index contributed by atoms with van der Waals surface area (Å²) in [4.78, 5) is 24.5. The monoisotopic (exact) mass is 315 g/mol. The zero-order valence-electron chi connectivity index (χ0n) is 9.55. The summed E-state index contributed by atoms with van der Waals surface area (Å²) in [5, 5.41) is 12.7. The van der Waals surface area contributed by atoms with E-state index in [1.165, 1.54) is 16.4 Å². The first kappa shape index (κ1) is 12.9. The Morgan fingerprint density at radius 1 is 1.63 bits per heavy atom. The number of fused-ring (bicyclic) bond motifs is 1. The van der Waals surface area contributed by atoms with Crippen molar-refractivity contribution >= 4 is 46.9 Å². The Morgan fingerprint density at radius 2 is 2.47 bits per heavy atom. The number of rotatable bonds is 4. The second-order valence-corrected chi connectivity index (χ2v) is 7.24. The Morgan fingerprint density at radius 3 is 3.16 bits per heavy atom. The summed E-state index contributed by atoms with van der Waals surface area (Å²) < 4.78 is 4.74. The fourth-order valence-electron chi connectivity index (χ4n) is 2.03. The second-order valence-electron chi connectivity index (χ2n) is 3.98. The molecule has 1 saturated heterocycles. The van der Waals surface area contributed by atoms with E-state index in [1.54, 1.807) is 35.8 Å². The van der Waals surface area contributed by atoms with E-state index in [4.69, 9.17) is 5.11 Å². The molecule has 19 heavy (non-hydrogen) atoms. The summed E-state index contributed by atoms with van der Waals surface area (Å²) in [5.74, 6) is 0.0238. The highest BCUT2D eigenvalue weighted by molar-refractivity contribution is 8.01. The topological polar surface area (TPSA) is 83.4 Å². The van der Waals surface area contributed by atoms with Gasteiger partial charge < -0.3 is 5.11 Å². The molecule has 1 fully saturated rings. The van der Waals surface area contributed by atoms with Crippen molar-refractivity contribution in [1.29, 1.82) is 0 Å². The number of carbonyl (C=O) groups is 2. The van der Waals surface area contributed by atoms with Crippen LogP contribution >= 0.6 is 35.1 Å². The average Bonchev–Trinajstić information content (AvgIpc) is 2.90. The summed E-state index contributed by atoms with van der Waals surface area (Å²) in [6.45, 7) is 0. The highest BCUT2D eigenvalue weighted by Gasteiger charge is 2.51. The molecule has 0 aromatic carbocycles. The zero-order chi connectivity index (χ0) is 13.4. The molecule has 2 aliphatic heterocycles. The number of carbonyl (C=O) groups excluding carboxylic acids is 1. The minimum absolute atomic E-state index is 0.0445. The molecule has 1 unspecified atom stereocenters. The summed E-state index contributed by atoms with van der Waals surface area (Å²) in [6, 6.07) is 0. The van der Waals surface area contributed by atoms with Gasteiger partial charge in [-0.15, -0.1) is 28.6 Å².